The van der Waals surface area contributed by atoms with Crippen LogP contribution in [0.25, 0.3) is 11.1 Å². The first kappa shape index (κ1) is 22.9. The van der Waals surface area contributed by atoms with Gasteiger partial charge in [-0.15, -0.1) is 0 Å². The number of rotatable bonds is 8. The van der Waals surface area contributed by atoms with Crippen LogP contribution in [0, 0.1) is 5.92 Å². The van der Waals surface area contributed by atoms with Crippen molar-refractivity contribution in [1.29, 1.82) is 0 Å². The number of nitrogens with one attached hydrogen (secondary N) is 1. The lowest BCUT2D eigenvalue weighted by Gasteiger charge is -2.24. The van der Waals surface area contributed by atoms with Gasteiger partial charge in [-0.1, -0.05) is 68.4 Å². The Morgan fingerprint density at radius 3 is 1.97 bits per heavy atom. The fraction of sp³-hybridized carbons (Fsp3) is 0.435. The highest BCUT2D eigenvalue weighted by Gasteiger charge is 2.29. The molecule has 5 nitrogen and oxygen atoms in total. The first-order valence-corrected chi connectivity index (χ1v) is 11.7. The van der Waals surface area contributed by atoms with E-state index in [1.54, 1.807) is 20.8 Å². The molecule has 0 spiro atoms. The second-order valence-electron chi connectivity index (χ2n) is 7.91. The van der Waals surface area contributed by atoms with E-state index in [9.17, 15) is 13.2 Å². The van der Waals surface area contributed by atoms with Gasteiger partial charge in [0.1, 0.15) is 0 Å². The van der Waals surface area contributed by atoms with Crippen LogP contribution in [0.3, 0.4) is 0 Å². The van der Waals surface area contributed by atoms with Gasteiger partial charge in [0.15, 0.2) is 9.84 Å². The highest BCUT2D eigenvalue weighted by Crippen LogP contribution is 2.27. The van der Waals surface area contributed by atoms with E-state index in [1.807, 2.05) is 68.4 Å². The molecule has 0 aliphatic heterocycles. The molecule has 0 saturated heterocycles. The summed E-state index contributed by atoms with van der Waals surface area (Å²) < 4.78 is 31.1. The van der Waals surface area contributed by atoms with Gasteiger partial charge in [0, 0.05) is 6.04 Å². The molecule has 0 radical (unpaired) electrons. The maximum Gasteiger partial charge on any atom is 0.407 e. The number of amides is 1. The molecule has 2 aromatic carbocycles. The van der Waals surface area contributed by atoms with Gasteiger partial charge in [-0.05, 0) is 43.4 Å². The van der Waals surface area contributed by atoms with E-state index in [0.717, 1.165) is 16.7 Å². The second-order valence-corrected chi connectivity index (χ2v) is 10.3. The van der Waals surface area contributed by atoms with Crippen LogP contribution in [0.2, 0.25) is 0 Å². The maximum atomic E-state index is 13.0. The maximum absolute atomic E-state index is 13.0. The second kappa shape index (κ2) is 9.92. The van der Waals surface area contributed by atoms with Gasteiger partial charge in [0.2, 0.25) is 0 Å². The summed E-state index contributed by atoms with van der Waals surface area (Å²) in [6.07, 6.45) is -0.852. The van der Waals surface area contributed by atoms with Crippen LogP contribution in [0.1, 0.15) is 45.4 Å². The predicted molar refractivity (Wildman–Crippen MR) is 117 cm³/mol. The molecule has 0 aliphatic rings. The number of benzene rings is 2. The van der Waals surface area contributed by atoms with Gasteiger partial charge in [0.05, 0.1) is 17.1 Å². The molecule has 29 heavy (non-hydrogen) atoms. The number of hydrogen-bond acceptors (Lipinski definition) is 4. The van der Waals surface area contributed by atoms with Crippen molar-refractivity contribution in [1.82, 2.24) is 5.32 Å². The fourth-order valence-electron chi connectivity index (χ4n) is 2.98. The van der Waals surface area contributed by atoms with Crippen LogP contribution in [0.5, 0.6) is 0 Å². The number of hydrogen-bond donors (Lipinski definition) is 1. The Hall–Kier alpha value is -2.34. The van der Waals surface area contributed by atoms with Gasteiger partial charge in [0.25, 0.3) is 0 Å². The zero-order chi connectivity index (χ0) is 21.6. The summed E-state index contributed by atoms with van der Waals surface area (Å²) in [7, 11) is -3.48. The number of sulfone groups is 1. The molecule has 158 valence electrons. The number of carbonyl (C=O) groups excluding carboxylic acids is 1. The van der Waals surface area contributed by atoms with Crippen molar-refractivity contribution in [2.45, 2.75) is 52.0 Å². The van der Waals surface area contributed by atoms with Crippen molar-refractivity contribution < 1.29 is 17.9 Å². The molecule has 0 heterocycles. The van der Waals surface area contributed by atoms with Crippen molar-refractivity contribution in [2.24, 2.45) is 5.92 Å². The summed E-state index contributed by atoms with van der Waals surface area (Å²) in [6, 6.07) is 17.0. The Balaban J connectivity index is 2.13. The third kappa shape index (κ3) is 6.60. The fourth-order valence-corrected chi connectivity index (χ4v) is 4.81. The monoisotopic (exact) mass is 417 g/mol. The zero-order valence-corrected chi connectivity index (χ0v) is 18.6. The summed E-state index contributed by atoms with van der Waals surface area (Å²) in [5.74, 6) is -0.184. The van der Waals surface area contributed by atoms with Crippen molar-refractivity contribution in [3.05, 3.63) is 60.2 Å². The normalized spacial score (nSPS) is 13.9. The van der Waals surface area contributed by atoms with Gasteiger partial charge in [-0.3, -0.25) is 0 Å². The molecule has 0 saturated carbocycles. The summed E-state index contributed by atoms with van der Waals surface area (Å²) >= 11 is 0. The predicted octanol–water partition coefficient (Wildman–Crippen LogP) is 4.99. The molecular formula is C23H31NO4S. The van der Waals surface area contributed by atoms with Gasteiger partial charge in [-0.25, -0.2) is 13.2 Å². The Morgan fingerprint density at radius 2 is 1.45 bits per heavy atom. The van der Waals surface area contributed by atoms with Crippen LogP contribution in [-0.4, -0.2) is 32.4 Å². The minimum atomic E-state index is -3.48. The largest absolute Gasteiger partial charge is 0.447 e. The van der Waals surface area contributed by atoms with E-state index in [0.29, 0.717) is 0 Å². The minimum Gasteiger partial charge on any atom is -0.447 e. The third-order valence-electron chi connectivity index (χ3n) is 4.89. The molecular weight excluding hydrogens is 386 g/mol. The van der Waals surface area contributed by atoms with E-state index in [-0.39, 0.29) is 17.8 Å². The first-order valence-electron chi connectivity index (χ1n) is 9.94. The van der Waals surface area contributed by atoms with Crippen molar-refractivity contribution in [3.8, 4) is 11.1 Å². The molecule has 0 bridgehead atoms. The Labute approximate surface area is 174 Å². The Kier molecular flexibility index (Phi) is 7.85. The standard InChI is InChI=1S/C23H31NO4S/c1-16(2)22(24-23(25)28-17(3)4)15-29(26,27)18(5)19-11-13-21(14-12-19)20-9-7-6-8-10-20/h6-14,16-18,22H,15H2,1-5H3,(H,24,25). The average molecular weight is 418 g/mol. The number of ether oxygens (including phenoxy) is 1. The first-order chi connectivity index (χ1) is 13.6. The van der Waals surface area contributed by atoms with E-state index >= 15 is 0 Å². The van der Waals surface area contributed by atoms with Crippen molar-refractivity contribution >= 4 is 15.9 Å². The molecule has 1 N–H and O–H groups in total. The minimum absolute atomic E-state index is 0.0443. The SMILES string of the molecule is CC(C)OC(=O)NC(CS(=O)(=O)C(C)c1ccc(-c2ccccc2)cc1)C(C)C. The lowest BCUT2D eigenvalue weighted by molar-refractivity contribution is 0.111. The third-order valence-corrected chi connectivity index (χ3v) is 7.06. The Bertz CT molecular complexity index is 890. The molecule has 2 atom stereocenters. The molecule has 2 rings (SSSR count). The van der Waals surface area contributed by atoms with Crippen molar-refractivity contribution in [2.75, 3.05) is 5.75 Å². The average Bonchev–Trinajstić information content (AvgIpc) is 2.67. The van der Waals surface area contributed by atoms with Crippen LogP contribution in [0.4, 0.5) is 4.79 Å². The summed E-state index contributed by atoms with van der Waals surface area (Å²) in [5.41, 5.74) is 2.86. The summed E-state index contributed by atoms with van der Waals surface area (Å²) in [5, 5.41) is 2.03. The van der Waals surface area contributed by atoms with Gasteiger partial charge < -0.3 is 10.1 Å². The van der Waals surface area contributed by atoms with E-state index in [4.69, 9.17) is 4.74 Å². The highest BCUT2D eigenvalue weighted by atomic mass is 32.2. The van der Waals surface area contributed by atoms with Crippen LogP contribution < -0.4 is 5.32 Å². The lowest BCUT2D eigenvalue weighted by atomic mass is 10.0. The molecule has 0 aliphatic carbocycles. The van der Waals surface area contributed by atoms with Crippen LogP contribution >= 0.6 is 0 Å². The van der Waals surface area contributed by atoms with Gasteiger partial charge >= 0.3 is 6.09 Å². The zero-order valence-electron chi connectivity index (χ0n) is 17.8. The number of alkyl carbamates (subject to hydrolysis) is 1. The highest BCUT2D eigenvalue weighted by molar-refractivity contribution is 7.91. The summed E-state index contributed by atoms with van der Waals surface area (Å²) in [6.45, 7) is 8.96. The van der Waals surface area contributed by atoms with Gasteiger partial charge in [-0.2, -0.15) is 0 Å². The van der Waals surface area contributed by atoms with Crippen LogP contribution in [0.15, 0.2) is 54.6 Å². The van der Waals surface area contributed by atoms with E-state index in [1.165, 1.54) is 0 Å². The number of carbonyl (C=O) groups is 1. The quantitative estimate of drug-likeness (QED) is 0.657. The molecule has 2 aromatic rings. The molecule has 6 heteroatoms. The molecule has 2 unspecified atom stereocenters. The van der Waals surface area contributed by atoms with Crippen molar-refractivity contribution in [3.63, 3.8) is 0 Å². The Morgan fingerprint density at radius 1 is 0.897 bits per heavy atom. The molecule has 0 aromatic heterocycles. The van der Waals surface area contributed by atoms with E-state index in [2.05, 4.69) is 5.32 Å². The summed E-state index contributed by atoms with van der Waals surface area (Å²) in [4.78, 5) is 11.9. The van der Waals surface area contributed by atoms with Crippen LogP contribution in [-0.2, 0) is 14.6 Å². The van der Waals surface area contributed by atoms with E-state index < -0.39 is 27.2 Å². The lowest BCUT2D eigenvalue weighted by Crippen LogP contribution is -2.44. The molecule has 1 amide bonds. The molecule has 0 fully saturated rings. The topological polar surface area (TPSA) is 72.5 Å². The smallest absolute Gasteiger partial charge is 0.407 e.